The van der Waals surface area contributed by atoms with E-state index in [9.17, 15) is 9.59 Å². The lowest BCUT2D eigenvalue weighted by molar-refractivity contribution is 0.0985. The number of carbonyl (C=O) groups is 2. The van der Waals surface area contributed by atoms with Crippen molar-refractivity contribution in [1.29, 1.82) is 0 Å². The number of aromatic amines is 2. The molecule has 1 saturated heterocycles. The number of piperidine rings is 1. The van der Waals surface area contributed by atoms with Crippen LogP contribution in [0.2, 0.25) is 0 Å². The summed E-state index contributed by atoms with van der Waals surface area (Å²) < 4.78 is 6.09. The molecule has 0 aliphatic carbocycles. The van der Waals surface area contributed by atoms with E-state index in [1.807, 2.05) is 43.3 Å². The van der Waals surface area contributed by atoms with Gasteiger partial charge in [-0.25, -0.2) is 9.97 Å². The fraction of sp³-hybridized carbons (Fsp3) is 0.250. The molecule has 1 aliphatic rings. The number of H-pyrrole nitrogens is 2. The summed E-state index contributed by atoms with van der Waals surface area (Å²) in [5.41, 5.74) is 3.02. The molecule has 0 saturated carbocycles. The number of hydrogen-bond donors (Lipinski definition) is 5. The molecule has 1 fully saturated rings. The molecule has 10 heteroatoms. The Morgan fingerprint density at radius 1 is 1.06 bits per heavy atom. The average molecular weight is 460 g/mol. The molecule has 5 rings (SSSR count). The maximum Gasteiger partial charge on any atom is 0.279 e. The van der Waals surface area contributed by atoms with Gasteiger partial charge in [0.05, 0.1) is 17.4 Å². The van der Waals surface area contributed by atoms with Crippen LogP contribution in [0.3, 0.4) is 0 Å². The molecule has 3 heterocycles. The highest BCUT2D eigenvalue weighted by molar-refractivity contribution is 6.13. The Hall–Kier alpha value is -4.18. The van der Waals surface area contributed by atoms with Gasteiger partial charge in [0.1, 0.15) is 17.5 Å². The second kappa shape index (κ2) is 9.36. The number of fused-ring (bicyclic) bond motifs is 1. The van der Waals surface area contributed by atoms with E-state index in [4.69, 9.17) is 4.74 Å². The van der Waals surface area contributed by atoms with Crippen molar-refractivity contribution >= 4 is 34.5 Å². The maximum atomic E-state index is 13.0. The van der Waals surface area contributed by atoms with Gasteiger partial charge in [0.2, 0.25) is 5.95 Å². The Bertz CT molecular complexity index is 1300. The number of hydrogen-bond acceptors (Lipinski definition) is 6. The predicted molar refractivity (Wildman–Crippen MR) is 128 cm³/mol. The van der Waals surface area contributed by atoms with Crippen LogP contribution >= 0.6 is 0 Å². The van der Waals surface area contributed by atoms with Crippen LogP contribution in [0.1, 0.15) is 39.4 Å². The number of benzene rings is 2. The molecule has 2 aromatic carbocycles. The molecule has 0 atom stereocenters. The van der Waals surface area contributed by atoms with Crippen LogP contribution in [-0.2, 0) is 0 Å². The highest BCUT2D eigenvalue weighted by Gasteiger charge is 2.22. The topological polar surface area (TPSA) is 137 Å². The Morgan fingerprint density at radius 2 is 1.88 bits per heavy atom. The minimum atomic E-state index is -0.551. The average Bonchev–Trinajstić information content (AvgIpc) is 3.49. The quantitative estimate of drug-likeness (QED) is 0.300. The molecule has 2 aromatic heterocycles. The number of aryl methyl sites for hydroxylation is 1. The van der Waals surface area contributed by atoms with Crippen LogP contribution in [0.5, 0.6) is 5.75 Å². The maximum absolute atomic E-state index is 13.0. The molecule has 5 N–H and O–H groups in total. The van der Waals surface area contributed by atoms with E-state index >= 15 is 0 Å². The van der Waals surface area contributed by atoms with Crippen LogP contribution in [0, 0.1) is 6.92 Å². The number of amides is 2. The molecule has 1 aliphatic heterocycles. The van der Waals surface area contributed by atoms with E-state index in [0.29, 0.717) is 11.4 Å². The second-order valence-electron chi connectivity index (χ2n) is 8.18. The van der Waals surface area contributed by atoms with E-state index in [-0.39, 0.29) is 23.4 Å². The Morgan fingerprint density at radius 3 is 2.71 bits per heavy atom. The molecular weight excluding hydrogens is 434 g/mol. The third kappa shape index (κ3) is 4.62. The summed E-state index contributed by atoms with van der Waals surface area (Å²) >= 11 is 0. The third-order valence-corrected chi connectivity index (χ3v) is 5.75. The molecule has 2 amide bonds. The number of rotatable bonds is 6. The predicted octanol–water partition coefficient (Wildman–Crippen LogP) is 3.23. The molecule has 34 heavy (non-hydrogen) atoms. The molecule has 0 spiro atoms. The van der Waals surface area contributed by atoms with Gasteiger partial charge < -0.3 is 25.3 Å². The zero-order valence-corrected chi connectivity index (χ0v) is 18.6. The first-order valence-electron chi connectivity index (χ1n) is 11.2. The van der Waals surface area contributed by atoms with Gasteiger partial charge in [0.15, 0.2) is 5.69 Å². The number of nitrogens with one attached hydrogen (secondary N) is 5. The fourth-order valence-corrected chi connectivity index (χ4v) is 3.92. The van der Waals surface area contributed by atoms with E-state index in [1.165, 1.54) is 6.33 Å². The highest BCUT2D eigenvalue weighted by Crippen LogP contribution is 2.25. The first-order chi connectivity index (χ1) is 16.6. The van der Waals surface area contributed by atoms with Crippen molar-refractivity contribution in [2.75, 3.05) is 23.7 Å². The normalized spacial score (nSPS) is 14.1. The van der Waals surface area contributed by atoms with Crippen molar-refractivity contribution in [1.82, 2.24) is 25.3 Å². The number of carbonyl (C=O) groups excluding carboxylic acids is 2. The van der Waals surface area contributed by atoms with Gasteiger partial charge in [0, 0.05) is 11.8 Å². The third-order valence-electron chi connectivity index (χ3n) is 5.75. The van der Waals surface area contributed by atoms with Crippen molar-refractivity contribution in [3.63, 3.8) is 0 Å². The highest BCUT2D eigenvalue weighted by atomic mass is 16.5. The van der Waals surface area contributed by atoms with Crippen LogP contribution in [0.25, 0.3) is 11.0 Å². The summed E-state index contributed by atoms with van der Waals surface area (Å²) in [7, 11) is 0. The summed E-state index contributed by atoms with van der Waals surface area (Å²) in [5.74, 6) is -0.0565. The summed E-state index contributed by atoms with van der Waals surface area (Å²) in [4.78, 5) is 40.0. The van der Waals surface area contributed by atoms with Gasteiger partial charge in [-0.15, -0.1) is 0 Å². The lowest BCUT2D eigenvalue weighted by Gasteiger charge is -2.24. The minimum Gasteiger partial charge on any atom is -0.490 e. The van der Waals surface area contributed by atoms with Crippen molar-refractivity contribution in [3.05, 3.63) is 65.7 Å². The van der Waals surface area contributed by atoms with E-state index in [0.717, 1.165) is 42.5 Å². The van der Waals surface area contributed by atoms with Crippen LogP contribution in [-0.4, -0.2) is 50.9 Å². The van der Waals surface area contributed by atoms with Gasteiger partial charge in [-0.1, -0.05) is 18.2 Å². The van der Waals surface area contributed by atoms with Gasteiger partial charge in [-0.3, -0.25) is 14.9 Å². The number of imidazole rings is 2. The molecule has 0 unspecified atom stereocenters. The van der Waals surface area contributed by atoms with Gasteiger partial charge in [-0.2, -0.15) is 0 Å². The van der Waals surface area contributed by atoms with Crippen LogP contribution in [0.4, 0.5) is 11.6 Å². The fourth-order valence-electron chi connectivity index (χ4n) is 3.92. The lowest BCUT2D eigenvalue weighted by atomic mass is 10.1. The largest absolute Gasteiger partial charge is 0.490 e. The van der Waals surface area contributed by atoms with Gasteiger partial charge in [0.25, 0.3) is 11.8 Å². The number of nitrogens with zero attached hydrogens (tertiary/aromatic N) is 2. The first-order valence-corrected chi connectivity index (χ1v) is 11.2. The van der Waals surface area contributed by atoms with E-state index in [1.54, 1.807) is 6.07 Å². The molecular formula is C24H25N7O3. The Labute approximate surface area is 195 Å². The minimum absolute atomic E-state index is 0.0299. The monoisotopic (exact) mass is 459 g/mol. The number of anilines is 2. The van der Waals surface area contributed by atoms with Crippen LogP contribution in [0.15, 0.2) is 48.8 Å². The van der Waals surface area contributed by atoms with Crippen molar-refractivity contribution in [2.45, 2.75) is 25.9 Å². The summed E-state index contributed by atoms with van der Waals surface area (Å²) in [6.45, 7) is 3.75. The second-order valence-corrected chi connectivity index (χ2v) is 8.18. The Balaban J connectivity index is 1.30. The van der Waals surface area contributed by atoms with Crippen molar-refractivity contribution in [2.24, 2.45) is 0 Å². The van der Waals surface area contributed by atoms with E-state index in [2.05, 4.69) is 35.9 Å². The van der Waals surface area contributed by atoms with Gasteiger partial charge in [-0.05, 0) is 56.6 Å². The molecule has 0 radical (unpaired) electrons. The van der Waals surface area contributed by atoms with Crippen LogP contribution < -0.4 is 20.7 Å². The molecule has 0 bridgehead atoms. The van der Waals surface area contributed by atoms with E-state index < -0.39 is 11.8 Å². The molecule has 174 valence electrons. The van der Waals surface area contributed by atoms with Gasteiger partial charge >= 0.3 is 0 Å². The molecule has 10 nitrogen and oxygen atoms in total. The SMILES string of the molecule is Cc1ccc(OC2CCNCC2)cc1NC(=O)c1[nH]cnc1C(=O)Nc1nc2ccccc2[nH]1. The first kappa shape index (κ1) is 21.7. The smallest absolute Gasteiger partial charge is 0.279 e. The summed E-state index contributed by atoms with van der Waals surface area (Å²) in [6, 6.07) is 13.0. The van der Waals surface area contributed by atoms with Crippen molar-refractivity contribution in [3.8, 4) is 5.75 Å². The summed E-state index contributed by atoms with van der Waals surface area (Å²) in [5, 5.41) is 8.84. The number of ether oxygens (including phenoxy) is 1. The lowest BCUT2D eigenvalue weighted by Crippen LogP contribution is -2.34. The molecule has 4 aromatic rings. The standard InChI is InChI=1S/C24H25N7O3/c1-14-6-7-16(34-15-8-10-25-11-9-15)12-19(14)28-22(32)20-21(27-13-26-20)23(33)31-24-29-17-4-2-3-5-18(17)30-24/h2-7,12-13,15,25H,8-11H2,1H3,(H,26,27)(H,28,32)(H2,29,30,31,33). The Kier molecular flexibility index (Phi) is 5.96. The zero-order valence-electron chi connectivity index (χ0n) is 18.6. The van der Waals surface area contributed by atoms with Crippen molar-refractivity contribution < 1.29 is 14.3 Å². The number of para-hydroxylation sites is 2. The zero-order chi connectivity index (χ0) is 23.5. The number of aromatic nitrogens is 4. The summed E-state index contributed by atoms with van der Waals surface area (Å²) in [6.07, 6.45) is 3.33.